The van der Waals surface area contributed by atoms with E-state index in [1.807, 2.05) is 0 Å². The summed E-state index contributed by atoms with van der Waals surface area (Å²) in [7, 11) is 0. The molecule has 0 aliphatic heterocycles. The molecule has 0 aliphatic carbocycles. The predicted molar refractivity (Wildman–Crippen MR) is 60.1 cm³/mol. The van der Waals surface area contributed by atoms with Gasteiger partial charge in [-0.2, -0.15) is 0 Å². The van der Waals surface area contributed by atoms with Crippen LogP contribution in [0.5, 0.6) is 0 Å². The molecule has 3 nitrogen and oxygen atoms in total. The van der Waals surface area contributed by atoms with Crippen LogP contribution in [0, 0.1) is 0 Å². The minimum absolute atomic E-state index is 0.137. The summed E-state index contributed by atoms with van der Waals surface area (Å²) < 4.78 is 25.6. The van der Waals surface area contributed by atoms with E-state index in [9.17, 15) is 13.6 Å². The Morgan fingerprint density at radius 1 is 1.47 bits per heavy atom. The fraction of sp³-hybridized carbons (Fsp3) is 0.417. The van der Waals surface area contributed by atoms with Gasteiger partial charge in [-0.3, -0.25) is 4.79 Å². The van der Waals surface area contributed by atoms with Crippen LogP contribution >= 0.6 is 0 Å². The maximum Gasteiger partial charge on any atom is 0.320 e. The van der Waals surface area contributed by atoms with Crippen molar-refractivity contribution >= 4 is 5.97 Å². The zero-order chi connectivity index (χ0) is 13.1. The molecule has 0 fully saturated rings. The Morgan fingerprint density at radius 3 is 2.59 bits per heavy atom. The van der Waals surface area contributed by atoms with E-state index in [-0.39, 0.29) is 12.8 Å². The van der Waals surface area contributed by atoms with Crippen molar-refractivity contribution in [2.24, 2.45) is 5.73 Å². The second kappa shape index (κ2) is 5.23. The fourth-order valence-corrected chi connectivity index (χ4v) is 1.57. The van der Waals surface area contributed by atoms with Gasteiger partial charge in [-0.25, -0.2) is 8.78 Å². The SMILES string of the molecule is CC(F)(F)Cc1cccc(CC(N)C(=O)O)c1. The summed E-state index contributed by atoms with van der Waals surface area (Å²) in [5, 5.41) is 8.65. The molecule has 0 heterocycles. The topological polar surface area (TPSA) is 63.3 Å². The van der Waals surface area contributed by atoms with E-state index < -0.39 is 17.9 Å². The smallest absolute Gasteiger partial charge is 0.320 e. The van der Waals surface area contributed by atoms with Crippen LogP contribution < -0.4 is 5.73 Å². The number of alkyl halides is 2. The summed E-state index contributed by atoms with van der Waals surface area (Å²) >= 11 is 0. The Balaban J connectivity index is 2.76. The number of carboxylic acids is 1. The van der Waals surface area contributed by atoms with Gasteiger partial charge in [0.05, 0.1) is 0 Å². The van der Waals surface area contributed by atoms with Crippen LogP contribution in [-0.2, 0) is 17.6 Å². The van der Waals surface area contributed by atoms with Crippen molar-refractivity contribution in [2.75, 3.05) is 0 Å². The van der Waals surface area contributed by atoms with Crippen molar-refractivity contribution in [3.63, 3.8) is 0 Å². The van der Waals surface area contributed by atoms with Gasteiger partial charge in [-0.1, -0.05) is 24.3 Å². The van der Waals surface area contributed by atoms with Crippen molar-refractivity contribution in [3.8, 4) is 0 Å². The first kappa shape index (κ1) is 13.6. The quantitative estimate of drug-likeness (QED) is 0.829. The first-order valence-corrected chi connectivity index (χ1v) is 5.22. The molecule has 1 aromatic carbocycles. The van der Waals surface area contributed by atoms with Gasteiger partial charge in [0, 0.05) is 6.42 Å². The Bertz CT molecular complexity index is 402. The molecule has 1 atom stereocenters. The molecular weight excluding hydrogens is 228 g/mol. The van der Waals surface area contributed by atoms with Crippen LogP contribution in [0.4, 0.5) is 8.78 Å². The maximum atomic E-state index is 12.8. The summed E-state index contributed by atoms with van der Waals surface area (Å²) in [5.41, 5.74) is 6.51. The minimum atomic E-state index is -2.77. The second-order valence-corrected chi connectivity index (χ2v) is 4.22. The number of hydrogen-bond donors (Lipinski definition) is 2. The van der Waals surface area contributed by atoms with Crippen molar-refractivity contribution < 1.29 is 18.7 Å². The minimum Gasteiger partial charge on any atom is -0.480 e. The van der Waals surface area contributed by atoms with Gasteiger partial charge in [0.2, 0.25) is 5.92 Å². The molecule has 0 bridgehead atoms. The van der Waals surface area contributed by atoms with Crippen molar-refractivity contribution in [1.29, 1.82) is 0 Å². The molecule has 0 aliphatic rings. The van der Waals surface area contributed by atoms with Crippen LogP contribution in [0.15, 0.2) is 24.3 Å². The molecule has 5 heteroatoms. The van der Waals surface area contributed by atoms with Gasteiger partial charge >= 0.3 is 5.97 Å². The highest BCUT2D eigenvalue weighted by atomic mass is 19.3. The summed E-state index contributed by atoms with van der Waals surface area (Å²) in [6.45, 7) is 0.850. The number of nitrogens with two attached hydrogens (primary N) is 1. The summed E-state index contributed by atoms with van der Waals surface area (Å²) in [6, 6.07) is 5.46. The van der Waals surface area contributed by atoms with E-state index in [1.54, 1.807) is 24.3 Å². The van der Waals surface area contributed by atoms with E-state index in [2.05, 4.69) is 0 Å². The van der Waals surface area contributed by atoms with Gasteiger partial charge in [-0.15, -0.1) is 0 Å². The highest BCUT2D eigenvalue weighted by molar-refractivity contribution is 5.73. The average Bonchev–Trinajstić information content (AvgIpc) is 2.15. The molecule has 0 spiro atoms. The Morgan fingerprint density at radius 2 is 2.06 bits per heavy atom. The molecule has 0 aromatic heterocycles. The third-order valence-corrected chi connectivity index (χ3v) is 2.28. The number of rotatable bonds is 5. The number of carbonyl (C=O) groups is 1. The van der Waals surface area contributed by atoms with Crippen molar-refractivity contribution in [3.05, 3.63) is 35.4 Å². The van der Waals surface area contributed by atoms with Gasteiger partial charge in [-0.05, 0) is 24.5 Å². The molecule has 1 aromatic rings. The first-order chi connectivity index (χ1) is 7.78. The Kier molecular flexibility index (Phi) is 4.17. The van der Waals surface area contributed by atoms with Crippen LogP contribution in [0.3, 0.4) is 0 Å². The maximum absolute atomic E-state index is 12.8. The molecule has 0 radical (unpaired) electrons. The van der Waals surface area contributed by atoms with Crippen molar-refractivity contribution in [2.45, 2.75) is 31.7 Å². The normalized spacial score (nSPS) is 13.4. The van der Waals surface area contributed by atoms with Crippen LogP contribution in [0.1, 0.15) is 18.1 Å². The fourth-order valence-electron chi connectivity index (χ4n) is 1.57. The van der Waals surface area contributed by atoms with Gasteiger partial charge in [0.1, 0.15) is 6.04 Å². The van der Waals surface area contributed by atoms with Crippen LogP contribution in [-0.4, -0.2) is 23.0 Å². The molecule has 0 saturated carbocycles. The number of carboxylic acid groups (broad SMARTS) is 1. The zero-order valence-corrected chi connectivity index (χ0v) is 9.49. The average molecular weight is 243 g/mol. The molecular formula is C12H15F2NO2. The first-order valence-electron chi connectivity index (χ1n) is 5.22. The van der Waals surface area contributed by atoms with Crippen molar-refractivity contribution in [1.82, 2.24) is 0 Å². The Hall–Kier alpha value is -1.49. The number of benzene rings is 1. The third-order valence-electron chi connectivity index (χ3n) is 2.28. The van der Waals surface area contributed by atoms with Gasteiger partial charge < -0.3 is 10.8 Å². The molecule has 94 valence electrons. The highest BCUT2D eigenvalue weighted by Gasteiger charge is 2.21. The third kappa shape index (κ3) is 4.91. The van der Waals surface area contributed by atoms with E-state index >= 15 is 0 Å². The molecule has 0 amide bonds. The van der Waals surface area contributed by atoms with E-state index in [4.69, 9.17) is 10.8 Å². The van der Waals surface area contributed by atoms with Gasteiger partial charge in [0.15, 0.2) is 0 Å². The second-order valence-electron chi connectivity index (χ2n) is 4.22. The largest absolute Gasteiger partial charge is 0.480 e. The number of aliphatic carboxylic acids is 1. The number of halogens is 2. The lowest BCUT2D eigenvalue weighted by atomic mass is 10.0. The lowest BCUT2D eigenvalue weighted by molar-refractivity contribution is -0.138. The van der Waals surface area contributed by atoms with E-state index in [0.717, 1.165) is 6.92 Å². The lowest BCUT2D eigenvalue weighted by Crippen LogP contribution is -2.32. The Labute approximate surface area is 98.2 Å². The lowest BCUT2D eigenvalue weighted by Gasteiger charge is -2.12. The summed E-state index contributed by atoms with van der Waals surface area (Å²) in [6.07, 6.45) is -0.221. The monoisotopic (exact) mass is 243 g/mol. The summed E-state index contributed by atoms with van der Waals surface area (Å²) in [5.74, 6) is -3.87. The molecule has 0 saturated heterocycles. The predicted octanol–water partition coefficient (Wildman–Crippen LogP) is 1.84. The summed E-state index contributed by atoms with van der Waals surface area (Å²) in [4.78, 5) is 10.6. The molecule has 1 unspecified atom stereocenters. The zero-order valence-electron chi connectivity index (χ0n) is 9.49. The molecule has 17 heavy (non-hydrogen) atoms. The van der Waals surface area contributed by atoms with Crippen LogP contribution in [0.2, 0.25) is 0 Å². The molecule has 1 rings (SSSR count). The van der Waals surface area contributed by atoms with E-state index in [1.165, 1.54) is 0 Å². The standard InChI is InChI=1S/C12H15F2NO2/c1-12(13,14)7-9-4-2-3-8(5-9)6-10(15)11(16)17/h2-5,10H,6-7,15H2,1H3,(H,16,17). The highest BCUT2D eigenvalue weighted by Crippen LogP contribution is 2.19. The molecule has 3 N–H and O–H groups in total. The van der Waals surface area contributed by atoms with Crippen LogP contribution in [0.25, 0.3) is 0 Å². The van der Waals surface area contributed by atoms with E-state index in [0.29, 0.717) is 11.1 Å². The number of hydrogen-bond acceptors (Lipinski definition) is 2. The van der Waals surface area contributed by atoms with Gasteiger partial charge in [0.25, 0.3) is 0 Å².